The van der Waals surface area contributed by atoms with Gasteiger partial charge in [-0.05, 0) is 67.7 Å². The van der Waals surface area contributed by atoms with Crippen LogP contribution in [-0.4, -0.2) is 45.0 Å². The molecule has 6 rings (SSSR count). The summed E-state index contributed by atoms with van der Waals surface area (Å²) in [5, 5.41) is 24.3. The summed E-state index contributed by atoms with van der Waals surface area (Å²) in [7, 11) is 0. The summed E-state index contributed by atoms with van der Waals surface area (Å²) in [6.45, 7) is 6.53. The van der Waals surface area contributed by atoms with Crippen molar-refractivity contribution in [3.63, 3.8) is 0 Å². The first-order valence-electron chi connectivity index (χ1n) is 12.4. The van der Waals surface area contributed by atoms with Crippen molar-refractivity contribution >= 4 is 17.4 Å². The molecule has 0 radical (unpaired) electrons. The minimum Gasteiger partial charge on any atom is -0.457 e. The number of epoxide rings is 1. The third kappa shape index (κ3) is 2.54. The van der Waals surface area contributed by atoms with Crippen molar-refractivity contribution in [3.8, 4) is 5.75 Å². The molecule has 5 nitrogen and oxygen atoms in total. The Bertz CT molecular complexity index is 1100. The van der Waals surface area contributed by atoms with E-state index in [-0.39, 0.29) is 23.5 Å². The smallest absolute Gasteiger partial charge is 0.264 e. The molecule has 1 unspecified atom stereocenters. The van der Waals surface area contributed by atoms with Crippen LogP contribution in [0.2, 0.25) is 0 Å². The number of carbonyl (C=O) groups is 1. The minimum atomic E-state index is -1.28. The number of hydrogen-bond acceptors (Lipinski definition) is 5. The van der Waals surface area contributed by atoms with Crippen LogP contribution in [0.4, 0.5) is 0 Å². The number of para-hydroxylation sites is 1. The van der Waals surface area contributed by atoms with E-state index >= 15 is 0 Å². The Labute approximate surface area is 205 Å². The maximum atomic E-state index is 12.5. The van der Waals surface area contributed by atoms with Crippen LogP contribution in [0.3, 0.4) is 0 Å². The van der Waals surface area contributed by atoms with E-state index < -0.39 is 33.2 Å². The molecule has 2 N–H and O–H groups in total. The number of rotatable bonds is 3. The van der Waals surface area contributed by atoms with Gasteiger partial charge in [0.1, 0.15) is 18.0 Å². The number of fused-ring (bicyclic) bond motifs is 5. The van der Waals surface area contributed by atoms with Gasteiger partial charge in [0.15, 0.2) is 5.78 Å². The molecule has 1 heterocycles. The number of benzene rings is 1. The van der Waals surface area contributed by atoms with Crippen molar-refractivity contribution in [2.24, 2.45) is 28.6 Å². The Morgan fingerprint density at radius 3 is 2.56 bits per heavy atom. The van der Waals surface area contributed by atoms with Crippen molar-refractivity contribution < 1.29 is 24.5 Å². The molecule has 4 aliphatic carbocycles. The van der Waals surface area contributed by atoms with Crippen molar-refractivity contribution in [2.75, 3.05) is 6.61 Å². The average molecular weight is 485 g/mol. The Hall–Kier alpha value is -1.66. The molecule has 0 bridgehead atoms. The SMILES string of the molecule is C[C@H]1C[C@H]2[C@@H]3CCC4=CC(=O)C=C[C@]4(C)[C@@]3(Cl)[C@@H](O)C[C@]2(C)[C@@]1(O)C1(Oc2ccccc2)CO1. The number of halogens is 1. The van der Waals surface area contributed by atoms with Gasteiger partial charge in [-0.25, -0.2) is 0 Å². The minimum absolute atomic E-state index is 0.0175. The second-order valence-corrected chi connectivity index (χ2v) is 12.2. The van der Waals surface area contributed by atoms with Crippen molar-refractivity contribution in [1.82, 2.24) is 0 Å². The van der Waals surface area contributed by atoms with Crippen LogP contribution >= 0.6 is 11.6 Å². The quantitative estimate of drug-likeness (QED) is 0.490. The third-order valence-electron chi connectivity index (χ3n) is 10.2. The summed E-state index contributed by atoms with van der Waals surface area (Å²) in [4.78, 5) is 11.2. The van der Waals surface area contributed by atoms with Gasteiger partial charge in [0, 0.05) is 10.8 Å². The lowest BCUT2D eigenvalue weighted by molar-refractivity contribution is -0.231. The van der Waals surface area contributed by atoms with Gasteiger partial charge in [0.2, 0.25) is 0 Å². The van der Waals surface area contributed by atoms with Gasteiger partial charge < -0.3 is 19.7 Å². The molecule has 4 fully saturated rings. The molecule has 34 heavy (non-hydrogen) atoms. The van der Waals surface area contributed by atoms with Crippen LogP contribution in [0.1, 0.15) is 46.5 Å². The first-order chi connectivity index (χ1) is 16.0. The number of carbonyl (C=O) groups excluding carboxylic acids is 1. The fraction of sp³-hybridized carbons (Fsp3) is 0.607. The van der Waals surface area contributed by atoms with Gasteiger partial charge in [0.05, 0.1) is 11.0 Å². The third-order valence-corrected chi connectivity index (χ3v) is 11.2. The monoisotopic (exact) mass is 484 g/mol. The van der Waals surface area contributed by atoms with Gasteiger partial charge >= 0.3 is 0 Å². The molecule has 0 spiro atoms. The molecular formula is C28H33ClO5. The second-order valence-electron chi connectivity index (χ2n) is 11.6. The molecule has 182 valence electrons. The normalized spacial score (nSPS) is 51.2. The summed E-state index contributed by atoms with van der Waals surface area (Å²) in [6, 6.07) is 9.48. The number of ketones is 1. The van der Waals surface area contributed by atoms with Gasteiger partial charge in [-0.2, -0.15) is 0 Å². The highest BCUT2D eigenvalue weighted by Crippen LogP contribution is 2.73. The van der Waals surface area contributed by atoms with E-state index in [9.17, 15) is 15.0 Å². The number of allylic oxidation sites excluding steroid dienone is 4. The zero-order valence-electron chi connectivity index (χ0n) is 20.0. The molecule has 1 aromatic rings. The van der Waals surface area contributed by atoms with E-state index in [1.54, 1.807) is 12.2 Å². The maximum absolute atomic E-state index is 12.5. The summed E-state index contributed by atoms with van der Waals surface area (Å²) in [5.41, 5.74) is -1.53. The molecule has 0 aromatic heterocycles. The zero-order valence-corrected chi connectivity index (χ0v) is 20.7. The molecule has 1 saturated heterocycles. The molecule has 6 heteroatoms. The van der Waals surface area contributed by atoms with Crippen LogP contribution in [0.5, 0.6) is 5.75 Å². The number of aliphatic hydroxyl groups is 2. The highest BCUT2D eigenvalue weighted by atomic mass is 35.5. The number of ether oxygens (including phenoxy) is 2. The van der Waals surface area contributed by atoms with E-state index in [1.807, 2.05) is 36.4 Å². The van der Waals surface area contributed by atoms with Crippen LogP contribution < -0.4 is 4.74 Å². The van der Waals surface area contributed by atoms with Crippen LogP contribution in [0.15, 0.2) is 54.1 Å². The van der Waals surface area contributed by atoms with Crippen LogP contribution in [0.25, 0.3) is 0 Å². The predicted molar refractivity (Wildman–Crippen MR) is 128 cm³/mol. The lowest BCUT2D eigenvalue weighted by atomic mass is 9.45. The van der Waals surface area contributed by atoms with E-state index in [0.29, 0.717) is 18.8 Å². The Morgan fingerprint density at radius 1 is 1.18 bits per heavy atom. The molecule has 3 saturated carbocycles. The highest BCUT2D eigenvalue weighted by molar-refractivity contribution is 6.26. The second kappa shape index (κ2) is 6.97. The van der Waals surface area contributed by atoms with E-state index in [0.717, 1.165) is 24.8 Å². The maximum Gasteiger partial charge on any atom is 0.264 e. The van der Waals surface area contributed by atoms with Crippen LogP contribution in [-0.2, 0) is 9.53 Å². The summed E-state index contributed by atoms with van der Waals surface area (Å²) in [6.07, 6.45) is 6.99. The first kappa shape index (κ1) is 22.8. The standard InChI is InChI=1S/C28H33ClO5/c1-17-13-22-21-10-9-18-14-19(30)11-12-24(18,2)27(21,29)23(31)15-25(22,3)28(17,32)26(16-33-26)34-20-7-5-4-6-8-20/h4-8,11-12,14,17,21-23,31-32H,9-10,13,15-16H2,1-3H3/t17-,21-,22-,23-,24-,25-,26?,27-,28+/m0/s1. The van der Waals surface area contributed by atoms with Crippen molar-refractivity contribution in [3.05, 3.63) is 54.1 Å². The highest BCUT2D eigenvalue weighted by Gasteiger charge is 2.81. The zero-order chi connectivity index (χ0) is 24.1. The average Bonchev–Trinajstić information content (AvgIpc) is 3.55. The lowest BCUT2D eigenvalue weighted by Gasteiger charge is -2.64. The topological polar surface area (TPSA) is 79.3 Å². The molecule has 1 aromatic carbocycles. The number of alkyl halides is 1. The lowest BCUT2D eigenvalue weighted by Crippen LogP contribution is -2.70. The Kier molecular flexibility index (Phi) is 4.67. The van der Waals surface area contributed by atoms with Gasteiger partial charge in [-0.15, -0.1) is 11.6 Å². The van der Waals surface area contributed by atoms with E-state index in [1.165, 1.54) is 0 Å². The summed E-state index contributed by atoms with van der Waals surface area (Å²) < 4.78 is 12.3. The summed E-state index contributed by atoms with van der Waals surface area (Å²) >= 11 is 7.52. The predicted octanol–water partition coefficient (Wildman–Crippen LogP) is 4.41. The van der Waals surface area contributed by atoms with Gasteiger partial charge in [-0.3, -0.25) is 4.79 Å². The van der Waals surface area contributed by atoms with Gasteiger partial charge in [0.25, 0.3) is 5.79 Å². The number of aliphatic hydroxyl groups excluding tert-OH is 1. The fourth-order valence-electron chi connectivity index (χ4n) is 8.46. The van der Waals surface area contributed by atoms with E-state index in [4.69, 9.17) is 21.1 Å². The van der Waals surface area contributed by atoms with E-state index in [2.05, 4.69) is 20.8 Å². The summed E-state index contributed by atoms with van der Waals surface area (Å²) in [5.74, 6) is -0.536. The number of hydrogen-bond donors (Lipinski definition) is 2. The Balaban J connectivity index is 1.41. The molecule has 5 aliphatic rings. The van der Waals surface area contributed by atoms with Crippen molar-refractivity contribution in [2.45, 2.75) is 68.8 Å². The van der Waals surface area contributed by atoms with Crippen LogP contribution in [0, 0.1) is 28.6 Å². The van der Waals surface area contributed by atoms with Crippen molar-refractivity contribution in [1.29, 1.82) is 0 Å². The van der Waals surface area contributed by atoms with Gasteiger partial charge in [-0.1, -0.05) is 50.6 Å². The molecule has 0 amide bonds. The molecular weight excluding hydrogens is 452 g/mol. The first-order valence-corrected chi connectivity index (χ1v) is 12.8. The fourth-order valence-corrected chi connectivity index (χ4v) is 8.98. The molecule has 9 atom stereocenters. The largest absolute Gasteiger partial charge is 0.457 e. The Morgan fingerprint density at radius 2 is 1.88 bits per heavy atom. The molecule has 1 aliphatic heterocycles.